The van der Waals surface area contributed by atoms with Crippen molar-refractivity contribution in [2.75, 3.05) is 7.11 Å². The van der Waals surface area contributed by atoms with Gasteiger partial charge in [0, 0.05) is 28.2 Å². The summed E-state index contributed by atoms with van der Waals surface area (Å²) in [5.74, 6) is -0.423. The lowest BCUT2D eigenvalue weighted by Gasteiger charge is -2.09. The molecule has 0 unspecified atom stereocenters. The number of aldehydes is 1. The number of carbonyl (C=O) groups excluding carboxylic acids is 3. The Balaban J connectivity index is 2.05. The third-order valence-electron chi connectivity index (χ3n) is 4.64. The van der Waals surface area contributed by atoms with Crippen LogP contribution in [0.3, 0.4) is 0 Å². The van der Waals surface area contributed by atoms with E-state index in [2.05, 4.69) is 5.32 Å². The number of hydrogen-bond acceptors (Lipinski definition) is 4. The Bertz CT molecular complexity index is 1120. The summed E-state index contributed by atoms with van der Waals surface area (Å²) in [4.78, 5) is 36.3. The molecule has 4 rings (SSSR count). The van der Waals surface area contributed by atoms with Gasteiger partial charge in [0.1, 0.15) is 12.0 Å². The Morgan fingerprint density at radius 2 is 1.63 bits per heavy atom. The molecule has 0 atom stereocenters. The van der Waals surface area contributed by atoms with Crippen molar-refractivity contribution in [2.24, 2.45) is 0 Å². The molecule has 1 N–H and O–H groups in total. The second-order valence-corrected chi connectivity index (χ2v) is 6.11. The fraction of sp³-hybridized carbons (Fsp3) is 0.0952. The number of hydrogen-bond donors (Lipinski definition) is 1. The van der Waals surface area contributed by atoms with E-state index in [1.165, 1.54) is 7.11 Å². The maximum Gasteiger partial charge on any atom is 0.259 e. The van der Waals surface area contributed by atoms with Crippen LogP contribution in [0.25, 0.3) is 22.0 Å². The number of fused-ring (bicyclic) bond motifs is 1. The van der Waals surface area contributed by atoms with Crippen molar-refractivity contribution in [2.45, 2.75) is 6.54 Å². The summed E-state index contributed by atoms with van der Waals surface area (Å²) >= 11 is 0. The predicted octanol–water partition coefficient (Wildman–Crippen LogP) is 2.42. The van der Waals surface area contributed by atoms with Crippen molar-refractivity contribution in [3.05, 3.63) is 65.9 Å². The lowest BCUT2D eigenvalue weighted by Crippen LogP contribution is -2.22. The molecule has 6 nitrogen and oxygen atoms in total. The van der Waals surface area contributed by atoms with Crippen molar-refractivity contribution >= 4 is 40.1 Å². The first kappa shape index (κ1) is 16.8. The van der Waals surface area contributed by atoms with Crippen LogP contribution in [0.5, 0.6) is 5.75 Å². The molecule has 2 amide bonds. The first-order valence-corrected chi connectivity index (χ1v) is 8.41. The average Bonchev–Trinajstić information content (AvgIpc) is 3.18. The second kappa shape index (κ2) is 6.57. The topological polar surface area (TPSA) is 77.4 Å². The Kier molecular flexibility index (Phi) is 4.08. The van der Waals surface area contributed by atoms with E-state index in [1.54, 1.807) is 35.0 Å². The van der Waals surface area contributed by atoms with Gasteiger partial charge < -0.3 is 14.1 Å². The minimum atomic E-state index is -0.466. The Morgan fingerprint density at radius 3 is 2.37 bits per heavy atom. The normalized spacial score (nSPS) is 14.0. The van der Waals surface area contributed by atoms with Crippen LogP contribution >= 0.6 is 0 Å². The van der Waals surface area contributed by atoms with Gasteiger partial charge in [-0.3, -0.25) is 14.9 Å². The molecule has 0 spiro atoms. The molecule has 1 aromatic heterocycles. The molecule has 0 radical (unpaired) electrons. The summed E-state index contributed by atoms with van der Waals surface area (Å²) in [7, 11) is 1.52. The quantitative estimate of drug-likeness (QED) is 0.560. The van der Waals surface area contributed by atoms with Gasteiger partial charge in [0.2, 0.25) is 0 Å². The number of imide groups is 1. The molecule has 2 heterocycles. The van der Waals surface area contributed by atoms with E-state index in [9.17, 15) is 14.4 Å². The van der Waals surface area contributed by atoms with Gasteiger partial charge in [-0.15, -0.1) is 0 Å². The first-order chi connectivity index (χ1) is 13.2. The Labute approximate surface area is 155 Å². The van der Waals surface area contributed by atoms with E-state index >= 15 is 0 Å². The highest BCUT2D eigenvalue weighted by atomic mass is 16.5. The summed E-state index contributed by atoms with van der Waals surface area (Å²) in [5.41, 5.74) is 2.53. The summed E-state index contributed by atoms with van der Waals surface area (Å²) in [6, 6.07) is 14.5. The van der Waals surface area contributed by atoms with Crippen molar-refractivity contribution in [1.29, 1.82) is 0 Å². The van der Waals surface area contributed by atoms with E-state index in [0.29, 0.717) is 16.9 Å². The molecule has 0 aliphatic carbocycles. The number of amides is 2. The number of methoxy groups -OCH3 is 1. The molecule has 134 valence electrons. The van der Waals surface area contributed by atoms with Gasteiger partial charge in [0.05, 0.1) is 24.8 Å². The zero-order valence-electron chi connectivity index (χ0n) is 14.6. The number of benzene rings is 2. The fourth-order valence-corrected chi connectivity index (χ4v) is 3.50. The third-order valence-corrected chi connectivity index (χ3v) is 4.64. The van der Waals surface area contributed by atoms with Crippen LogP contribution in [0.2, 0.25) is 0 Å². The van der Waals surface area contributed by atoms with Crippen LogP contribution in [0.15, 0.2) is 54.7 Å². The van der Waals surface area contributed by atoms with E-state index in [-0.39, 0.29) is 17.7 Å². The molecule has 0 saturated carbocycles. The number of para-hydroxylation sites is 2. The molecular weight excluding hydrogens is 344 g/mol. The molecule has 0 fully saturated rings. The molecule has 6 heteroatoms. The highest BCUT2D eigenvalue weighted by Gasteiger charge is 2.35. The summed E-state index contributed by atoms with van der Waals surface area (Å²) in [6.45, 7) is 0.160. The molecule has 1 aliphatic heterocycles. The van der Waals surface area contributed by atoms with Crippen molar-refractivity contribution in [1.82, 2.24) is 9.88 Å². The van der Waals surface area contributed by atoms with Gasteiger partial charge >= 0.3 is 0 Å². The largest absolute Gasteiger partial charge is 0.496 e. The zero-order valence-corrected chi connectivity index (χ0v) is 14.6. The highest BCUT2D eigenvalue weighted by Crippen LogP contribution is 2.38. The van der Waals surface area contributed by atoms with Crippen LogP contribution < -0.4 is 10.1 Å². The zero-order chi connectivity index (χ0) is 19.0. The van der Waals surface area contributed by atoms with E-state index in [1.807, 2.05) is 24.3 Å². The smallest absolute Gasteiger partial charge is 0.259 e. The van der Waals surface area contributed by atoms with Crippen LogP contribution in [-0.2, 0) is 20.9 Å². The highest BCUT2D eigenvalue weighted by molar-refractivity contribution is 6.50. The minimum absolute atomic E-state index is 0.160. The van der Waals surface area contributed by atoms with Crippen LogP contribution in [0.1, 0.15) is 11.1 Å². The van der Waals surface area contributed by atoms with E-state index in [0.717, 1.165) is 17.2 Å². The SMILES string of the molecule is COc1ccccc1C1=C(c2cn(CC=O)c3ccccc23)C(=O)NC1=O. The summed E-state index contributed by atoms with van der Waals surface area (Å²) < 4.78 is 7.14. The molecule has 1 aliphatic rings. The van der Waals surface area contributed by atoms with Gasteiger partial charge in [-0.1, -0.05) is 36.4 Å². The first-order valence-electron chi connectivity index (χ1n) is 8.41. The number of nitrogens with zero attached hydrogens (tertiary/aromatic N) is 1. The minimum Gasteiger partial charge on any atom is -0.496 e. The van der Waals surface area contributed by atoms with Gasteiger partial charge in [0.25, 0.3) is 11.8 Å². The lowest BCUT2D eigenvalue weighted by molar-refractivity contribution is -0.122. The Hall–Kier alpha value is -3.67. The predicted molar refractivity (Wildman–Crippen MR) is 101 cm³/mol. The van der Waals surface area contributed by atoms with Crippen molar-refractivity contribution in [3.8, 4) is 5.75 Å². The maximum absolute atomic E-state index is 12.7. The van der Waals surface area contributed by atoms with Crippen LogP contribution in [0, 0.1) is 0 Å². The fourth-order valence-electron chi connectivity index (χ4n) is 3.50. The van der Waals surface area contributed by atoms with Crippen molar-refractivity contribution in [3.63, 3.8) is 0 Å². The number of rotatable bonds is 5. The lowest BCUT2D eigenvalue weighted by atomic mass is 9.95. The molecular formula is C21H16N2O4. The van der Waals surface area contributed by atoms with Gasteiger partial charge in [-0.25, -0.2) is 0 Å². The van der Waals surface area contributed by atoms with Gasteiger partial charge in [-0.05, 0) is 12.1 Å². The van der Waals surface area contributed by atoms with E-state index < -0.39 is 11.8 Å². The second-order valence-electron chi connectivity index (χ2n) is 6.11. The number of nitrogens with one attached hydrogen (secondary N) is 1. The van der Waals surface area contributed by atoms with Crippen LogP contribution in [0.4, 0.5) is 0 Å². The Morgan fingerprint density at radius 1 is 0.963 bits per heavy atom. The summed E-state index contributed by atoms with van der Waals surface area (Å²) in [6.07, 6.45) is 2.54. The molecule has 0 bridgehead atoms. The number of carbonyl (C=O) groups is 3. The molecule has 3 aromatic rings. The van der Waals surface area contributed by atoms with E-state index in [4.69, 9.17) is 4.74 Å². The standard InChI is InChI=1S/C21H16N2O4/c1-27-17-9-5-3-7-14(17)18-19(21(26)22-20(18)25)15-12-23(10-11-24)16-8-4-2-6-13(15)16/h2-9,11-12H,10H2,1H3,(H,22,25,26). The van der Waals surface area contributed by atoms with Crippen molar-refractivity contribution < 1.29 is 19.1 Å². The number of ether oxygens (including phenoxy) is 1. The third kappa shape index (κ3) is 2.62. The summed E-state index contributed by atoms with van der Waals surface area (Å²) in [5, 5.41) is 3.18. The maximum atomic E-state index is 12.7. The molecule has 2 aromatic carbocycles. The monoisotopic (exact) mass is 360 g/mol. The molecule has 0 saturated heterocycles. The number of aromatic nitrogens is 1. The van der Waals surface area contributed by atoms with Gasteiger partial charge in [-0.2, -0.15) is 0 Å². The van der Waals surface area contributed by atoms with Gasteiger partial charge in [0.15, 0.2) is 0 Å². The average molecular weight is 360 g/mol. The van der Waals surface area contributed by atoms with Crippen LogP contribution in [-0.4, -0.2) is 29.8 Å². The molecule has 27 heavy (non-hydrogen) atoms.